The quantitative estimate of drug-likeness (QED) is 0.732. The fourth-order valence-electron chi connectivity index (χ4n) is 2.18. The first kappa shape index (κ1) is 16.9. The number of halogens is 2. The van der Waals surface area contributed by atoms with Gasteiger partial charge in [-0.3, -0.25) is 4.79 Å². The summed E-state index contributed by atoms with van der Waals surface area (Å²) in [5.74, 6) is -3.29. The molecule has 6 nitrogen and oxygen atoms in total. The zero-order chi connectivity index (χ0) is 18.0. The van der Waals surface area contributed by atoms with Crippen LogP contribution < -0.4 is 11.1 Å². The van der Waals surface area contributed by atoms with Gasteiger partial charge in [-0.25, -0.2) is 8.78 Å². The SMILES string of the molecule is Nc1nc(NC2C=CC=C(S)C=C2)nn1C(=O)c1c(F)cccc1F. The minimum absolute atomic E-state index is 0.0458. The van der Waals surface area contributed by atoms with E-state index in [9.17, 15) is 13.6 Å². The molecular formula is C16H13F2N5OS. The number of benzene rings is 1. The first-order valence-corrected chi connectivity index (χ1v) is 7.64. The number of nitrogen functional groups attached to an aromatic ring is 1. The molecule has 0 spiro atoms. The smallest absolute Gasteiger partial charge is 0.287 e. The van der Waals surface area contributed by atoms with Gasteiger partial charge in [-0.1, -0.05) is 30.4 Å². The van der Waals surface area contributed by atoms with Crippen molar-refractivity contribution < 1.29 is 13.6 Å². The molecule has 2 aromatic rings. The Kier molecular flexibility index (Phi) is 4.66. The summed E-state index contributed by atoms with van der Waals surface area (Å²) in [6.45, 7) is 0. The number of rotatable bonds is 3. The predicted octanol–water partition coefficient (Wildman–Crippen LogP) is 2.55. The van der Waals surface area contributed by atoms with Gasteiger partial charge < -0.3 is 11.1 Å². The van der Waals surface area contributed by atoms with Crippen molar-refractivity contribution in [2.45, 2.75) is 6.04 Å². The zero-order valence-electron chi connectivity index (χ0n) is 12.7. The van der Waals surface area contributed by atoms with E-state index in [2.05, 4.69) is 28.0 Å². The van der Waals surface area contributed by atoms with Crippen LogP contribution in [0.1, 0.15) is 10.4 Å². The molecule has 128 valence electrons. The molecule has 0 saturated heterocycles. The summed E-state index contributed by atoms with van der Waals surface area (Å²) in [7, 11) is 0. The Bertz CT molecular complexity index is 899. The maximum Gasteiger partial charge on any atom is 0.287 e. The van der Waals surface area contributed by atoms with Gasteiger partial charge in [-0.05, 0) is 18.2 Å². The molecule has 0 bridgehead atoms. The van der Waals surface area contributed by atoms with Crippen molar-refractivity contribution in [3.05, 3.63) is 70.7 Å². The summed E-state index contributed by atoms with van der Waals surface area (Å²) in [5.41, 5.74) is 4.92. The molecule has 1 aromatic heterocycles. The van der Waals surface area contributed by atoms with Crippen molar-refractivity contribution in [2.75, 3.05) is 11.1 Å². The minimum atomic E-state index is -1.04. The van der Waals surface area contributed by atoms with Gasteiger partial charge in [0.25, 0.3) is 5.91 Å². The second-order valence-electron chi connectivity index (χ2n) is 5.11. The Morgan fingerprint density at radius 1 is 1.28 bits per heavy atom. The number of carbonyl (C=O) groups is 1. The normalized spacial score (nSPS) is 16.4. The van der Waals surface area contributed by atoms with Crippen molar-refractivity contribution in [3.8, 4) is 0 Å². The molecule has 0 aliphatic heterocycles. The number of thiol groups is 1. The van der Waals surface area contributed by atoms with Crippen LogP contribution in [-0.2, 0) is 0 Å². The van der Waals surface area contributed by atoms with Gasteiger partial charge in [0, 0.05) is 4.91 Å². The van der Waals surface area contributed by atoms with Crippen molar-refractivity contribution in [1.29, 1.82) is 0 Å². The molecule has 1 aliphatic carbocycles. The predicted molar refractivity (Wildman–Crippen MR) is 93.3 cm³/mol. The summed E-state index contributed by atoms with van der Waals surface area (Å²) in [5, 5.41) is 6.83. The van der Waals surface area contributed by atoms with Crippen molar-refractivity contribution in [3.63, 3.8) is 0 Å². The van der Waals surface area contributed by atoms with Gasteiger partial charge in [-0.2, -0.15) is 9.67 Å². The largest absolute Gasteiger partial charge is 0.368 e. The third-order valence-electron chi connectivity index (χ3n) is 3.36. The number of allylic oxidation sites excluding steroid dienone is 3. The molecule has 1 heterocycles. The van der Waals surface area contributed by atoms with Crippen molar-refractivity contribution in [2.24, 2.45) is 0 Å². The fraction of sp³-hybridized carbons (Fsp3) is 0.0625. The monoisotopic (exact) mass is 361 g/mol. The Hall–Kier alpha value is -2.94. The number of nitrogens with two attached hydrogens (primary N) is 1. The van der Waals surface area contributed by atoms with Crippen LogP contribution >= 0.6 is 12.6 Å². The average Bonchev–Trinajstić information content (AvgIpc) is 2.79. The van der Waals surface area contributed by atoms with Crippen LogP contribution in [0.2, 0.25) is 0 Å². The number of hydrogen-bond acceptors (Lipinski definition) is 6. The number of aromatic nitrogens is 3. The van der Waals surface area contributed by atoms with E-state index < -0.39 is 23.1 Å². The van der Waals surface area contributed by atoms with Crippen molar-refractivity contribution in [1.82, 2.24) is 14.8 Å². The van der Waals surface area contributed by atoms with Crippen LogP contribution in [0.5, 0.6) is 0 Å². The molecule has 1 aliphatic rings. The second kappa shape index (κ2) is 6.89. The lowest BCUT2D eigenvalue weighted by atomic mass is 10.2. The zero-order valence-corrected chi connectivity index (χ0v) is 13.6. The highest BCUT2D eigenvalue weighted by Crippen LogP contribution is 2.17. The van der Waals surface area contributed by atoms with E-state index in [0.717, 1.165) is 23.1 Å². The maximum atomic E-state index is 13.8. The van der Waals surface area contributed by atoms with E-state index in [1.165, 1.54) is 0 Å². The summed E-state index contributed by atoms with van der Waals surface area (Å²) < 4.78 is 28.2. The van der Waals surface area contributed by atoms with E-state index in [0.29, 0.717) is 4.68 Å². The lowest BCUT2D eigenvalue weighted by Crippen LogP contribution is -2.20. The van der Waals surface area contributed by atoms with Gasteiger partial charge in [0.2, 0.25) is 11.9 Å². The molecule has 0 radical (unpaired) electrons. The van der Waals surface area contributed by atoms with Crippen LogP contribution in [0.15, 0.2) is 53.5 Å². The highest BCUT2D eigenvalue weighted by atomic mass is 32.1. The molecule has 0 saturated carbocycles. The standard InChI is InChI=1S/C16H13F2N5OS/c17-11-5-2-6-12(18)13(11)14(24)23-15(19)21-16(22-23)20-9-3-1-4-10(25)8-7-9/h1-9,25H,(H3,19,20,21,22). The van der Waals surface area contributed by atoms with E-state index >= 15 is 0 Å². The minimum Gasteiger partial charge on any atom is -0.368 e. The Labute approximate surface area is 147 Å². The first-order chi connectivity index (χ1) is 12.0. The molecule has 0 amide bonds. The van der Waals surface area contributed by atoms with Gasteiger partial charge in [0.05, 0.1) is 6.04 Å². The molecular weight excluding hydrogens is 348 g/mol. The highest BCUT2D eigenvalue weighted by Gasteiger charge is 2.23. The van der Waals surface area contributed by atoms with Crippen LogP contribution in [0.3, 0.4) is 0 Å². The van der Waals surface area contributed by atoms with Gasteiger partial charge in [-0.15, -0.1) is 17.7 Å². The molecule has 3 N–H and O–H groups in total. The molecule has 1 unspecified atom stereocenters. The molecule has 1 aromatic carbocycles. The third kappa shape index (κ3) is 3.61. The Morgan fingerprint density at radius 3 is 2.72 bits per heavy atom. The van der Waals surface area contributed by atoms with Crippen LogP contribution in [0, 0.1) is 11.6 Å². The first-order valence-electron chi connectivity index (χ1n) is 7.19. The number of nitrogens with one attached hydrogen (secondary N) is 1. The van der Waals surface area contributed by atoms with E-state index in [-0.39, 0.29) is 17.9 Å². The summed E-state index contributed by atoms with van der Waals surface area (Å²) in [6.07, 6.45) is 8.99. The van der Waals surface area contributed by atoms with E-state index in [1.807, 2.05) is 6.08 Å². The Balaban J connectivity index is 1.86. The van der Waals surface area contributed by atoms with Gasteiger partial charge >= 0.3 is 0 Å². The number of anilines is 2. The van der Waals surface area contributed by atoms with Crippen LogP contribution in [-0.4, -0.2) is 26.7 Å². The van der Waals surface area contributed by atoms with E-state index in [1.54, 1.807) is 24.3 Å². The van der Waals surface area contributed by atoms with Gasteiger partial charge in [0.15, 0.2) is 0 Å². The lowest BCUT2D eigenvalue weighted by Gasteiger charge is -2.07. The molecule has 9 heteroatoms. The number of nitrogens with zero attached hydrogens (tertiary/aromatic N) is 3. The average molecular weight is 361 g/mol. The summed E-state index contributed by atoms with van der Waals surface area (Å²) >= 11 is 4.23. The summed E-state index contributed by atoms with van der Waals surface area (Å²) in [6, 6.07) is 2.85. The number of carbonyl (C=O) groups excluding carboxylic acids is 1. The second-order valence-corrected chi connectivity index (χ2v) is 5.63. The molecule has 25 heavy (non-hydrogen) atoms. The molecule has 1 atom stereocenters. The number of hydrogen-bond donors (Lipinski definition) is 3. The fourth-order valence-corrected chi connectivity index (χ4v) is 2.36. The third-order valence-corrected chi connectivity index (χ3v) is 3.65. The lowest BCUT2D eigenvalue weighted by molar-refractivity contribution is 0.0939. The van der Waals surface area contributed by atoms with Gasteiger partial charge in [0.1, 0.15) is 17.2 Å². The maximum absolute atomic E-state index is 13.8. The molecule has 0 fully saturated rings. The van der Waals surface area contributed by atoms with Crippen LogP contribution in [0.25, 0.3) is 0 Å². The van der Waals surface area contributed by atoms with E-state index in [4.69, 9.17) is 5.73 Å². The molecule has 3 rings (SSSR count). The highest BCUT2D eigenvalue weighted by molar-refractivity contribution is 7.84. The van der Waals surface area contributed by atoms with Crippen molar-refractivity contribution >= 4 is 30.4 Å². The van der Waals surface area contributed by atoms with Crippen LogP contribution in [0.4, 0.5) is 20.7 Å². The Morgan fingerprint density at radius 2 is 2.00 bits per heavy atom. The topological polar surface area (TPSA) is 85.8 Å². The summed E-state index contributed by atoms with van der Waals surface area (Å²) in [4.78, 5) is 17.0.